The van der Waals surface area contributed by atoms with Gasteiger partial charge in [0.25, 0.3) is 0 Å². The van der Waals surface area contributed by atoms with Gasteiger partial charge in [-0.2, -0.15) is 0 Å². The van der Waals surface area contributed by atoms with Gasteiger partial charge in [0.05, 0.1) is 0 Å². The Morgan fingerprint density at radius 2 is 1.16 bits per heavy atom. The minimum atomic E-state index is -0.439. The standard InChI is InChI=1S/C35H25N2Te/c1-22-23-10-5-8-17-33(23)38-35(22)34-29-19-18-28-24(25(29)20-21-36(34)2)13-9-16-32(28)37-30-14-6-3-11-26(30)27-12-4-7-15-31(27)37/h3-21H,1-2H3/q+1. The Labute approximate surface area is 230 Å². The molecule has 3 heteroatoms. The number of fused-ring (bicyclic) bond motifs is 7. The first-order valence-electron chi connectivity index (χ1n) is 13.0. The monoisotopic (exact) mass is 603 g/mol. The summed E-state index contributed by atoms with van der Waals surface area (Å²) in [6.45, 7) is 2.31. The van der Waals surface area contributed by atoms with E-state index in [9.17, 15) is 0 Å². The van der Waals surface area contributed by atoms with E-state index in [1.54, 1.807) is 6.98 Å². The van der Waals surface area contributed by atoms with Crippen LogP contribution in [0.15, 0.2) is 115 Å². The maximum atomic E-state index is 2.44. The molecule has 0 saturated heterocycles. The topological polar surface area (TPSA) is 8.81 Å². The summed E-state index contributed by atoms with van der Waals surface area (Å²) in [5.74, 6) is 0. The average Bonchev–Trinajstić information content (AvgIpc) is 3.47. The normalized spacial score (nSPS) is 11.9. The van der Waals surface area contributed by atoms with Crippen molar-refractivity contribution in [2.75, 3.05) is 0 Å². The molecule has 8 rings (SSSR count). The van der Waals surface area contributed by atoms with Crippen molar-refractivity contribution in [3.63, 3.8) is 0 Å². The van der Waals surface area contributed by atoms with Crippen LogP contribution < -0.4 is 4.57 Å². The Hall–Kier alpha value is -3.90. The van der Waals surface area contributed by atoms with Gasteiger partial charge in [0.2, 0.25) is 0 Å². The molecule has 2 nitrogen and oxygen atoms in total. The number of hydrogen-bond donors (Lipinski definition) is 0. The first kappa shape index (κ1) is 22.1. The number of hydrogen-bond acceptors (Lipinski definition) is 0. The van der Waals surface area contributed by atoms with Crippen LogP contribution in [-0.2, 0) is 7.05 Å². The maximum absolute atomic E-state index is 2.44. The number of aromatic nitrogens is 2. The van der Waals surface area contributed by atoms with E-state index >= 15 is 0 Å². The molecule has 8 aromatic rings. The molecule has 0 saturated carbocycles. The molecule has 180 valence electrons. The van der Waals surface area contributed by atoms with Crippen LogP contribution in [-0.4, -0.2) is 25.0 Å². The van der Waals surface area contributed by atoms with Gasteiger partial charge in [-0.1, -0.05) is 0 Å². The van der Waals surface area contributed by atoms with Gasteiger partial charge in [0.1, 0.15) is 0 Å². The third-order valence-corrected chi connectivity index (χ3v) is 11.7. The van der Waals surface area contributed by atoms with E-state index in [0.717, 1.165) is 0 Å². The molecule has 0 atom stereocenters. The van der Waals surface area contributed by atoms with Crippen molar-refractivity contribution in [2.24, 2.45) is 7.05 Å². The Morgan fingerprint density at radius 1 is 0.553 bits per heavy atom. The predicted octanol–water partition coefficient (Wildman–Crippen LogP) is 8.10. The van der Waals surface area contributed by atoms with Crippen LogP contribution in [0.25, 0.3) is 67.1 Å². The molecule has 0 N–H and O–H groups in total. The Bertz CT molecular complexity index is 2160. The molecular weight excluding hydrogens is 576 g/mol. The van der Waals surface area contributed by atoms with Crippen LogP contribution in [0, 0.1) is 6.92 Å². The number of benzene rings is 5. The molecule has 0 aliphatic rings. The Kier molecular flexibility index (Phi) is 4.83. The van der Waals surface area contributed by atoms with E-state index in [1.165, 1.54) is 65.7 Å². The zero-order chi connectivity index (χ0) is 25.4. The van der Waals surface area contributed by atoms with Gasteiger partial charge in [-0.15, -0.1) is 0 Å². The van der Waals surface area contributed by atoms with Gasteiger partial charge in [-0.3, -0.25) is 0 Å². The van der Waals surface area contributed by atoms with E-state index < -0.39 is 20.4 Å². The molecule has 38 heavy (non-hydrogen) atoms. The second-order valence-corrected chi connectivity index (χ2v) is 13.1. The molecule has 0 fully saturated rings. The van der Waals surface area contributed by atoms with E-state index in [2.05, 4.69) is 138 Å². The zero-order valence-corrected chi connectivity index (χ0v) is 23.6. The van der Waals surface area contributed by atoms with Gasteiger partial charge in [-0.05, 0) is 0 Å². The summed E-state index contributed by atoms with van der Waals surface area (Å²) in [7, 11) is 2.20. The van der Waals surface area contributed by atoms with Gasteiger partial charge < -0.3 is 0 Å². The van der Waals surface area contributed by atoms with Crippen LogP contribution in [0.2, 0.25) is 0 Å². The first-order chi connectivity index (χ1) is 18.7. The molecule has 5 aromatic carbocycles. The van der Waals surface area contributed by atoms with Gasteiger partial charge in [0, 0.05) is 0 Å². The van der Waals surface area contributed by atoms with Crippen molar-refractivity contribution >= 4 is 72.6 Å². The van der Waals surface area contributed by atoms with Crippen LogP contribution >= 0.6 is 0 Å². The first-order valence-corrected chi connectivity index (χ1v) is 15.3. The SMILES string of the molecule is Cc1c(-c2c3ccc4c(-n5c6ccccc6c6ccccc65)cccc4c3cc[n+]2C)[te]c2ccccc12. The van der Waals surface area contributed by atoms with Crippen LogP contribution in [0.1, 0.15) is 5.56 Å². The van der Waals surface area contributed by atoms with Gasteiger partial charge >= 0.3 is 232 Å². The van der Waals surface area contributed by atoms with Crippen molar-refractivity contribution in [1.82, 2.24) is 4.57 Å². The zero-order valence-electron chi connectivity index (χ0n) is 21.3. The van der Waals surface area contributed by atoms with E-state index in [-0.39, 0.29) is 0 Å². The third kappa shape index (κ3) is 3.04. The molecular formula is C35H25N2Te+. The molecule has 0 aliphatic carbocycles. The molecule has 0 unspecified atom stereocenters. The molecule has 0 amide bonds. The quantitative estimate of drug-likeness (QED) is 0.108. The second-order valence-electron chi connectivity index (χ2n) is 10.1. The number of rotatable bonds is 2. The summed E-state index contributed by atoms with van der Waals surface area (Å²) < 4.78 is 7.88. The summed E-state index contributed by atoms with van der Waals surface area (Å²) in [5.41, 5.74) is 6.55. The molecule has 3 aromatic heterocycles. The van der Waals surface area contributed by atoms with Crippen molar-refractivity contribution in [3.8, 4) is 15.0 Å². The van der Waals surface area contributed by atoms with E-state index in [0.29, 0.717) is 0 Å². The van der Waals surface area contributed by atoms with Gasteiger partial charge in [0.15, 0.2) is 0 Å². The summed E-state index contributed by atoms with van der Waals surface area (Å²) in [5, 5.41) is 9.28. The third-order valence-electron chi connectivity index (χ3n) is 8.03. The fourth-order valence-corrected chi connectivity index (χ4v) is 10.0. The molecule has 3 heterocycles. The molecule has 0 spiro atoms. The summed E-state index contributed by atoms with van der Waals surface area (Å²) in [4.78, 5) is 0. The number of aryl methyl sites for hydroxylation is 2. The van der Waals surface area contributed by atoms with Gasteiger partial charge in [-0.25, -0.2) is 0 Å². The number of pyridine rings is 1. The minimum absolute atomic E-state index is 0.439. The molecule has 0 bridgehead atoms. The van der Waals surface area contributed by atoms with Crippen LogP contribution in [0.3, 0.4) is 0 Å². The second kappa shape index (κ2) is 8.30. The van der Waals surface area contributed by atoms with Crippen molar-refractivity contribution in [1.29, 1.82) is 0 Å². The van der Waals surface area contributed by atoms with E-state index in [4.69, 9.17) is 0 Å². The molecule has 0 aliphatic heterocycles. The predicted molar refractivity (Wildman–Crippen MR) is 162 cm³/mol. The van der Waals surface area contributed by atoms with E-state index in [1.807, 2.05) is 0 Å². The Morgan fingerprint density at radius 3 is 1.89 bits per heavy atom. The molecule has 0 radical (unpaired) electrons. The summed E-state index contributed by atoms with van der Waals surface area (Å²) in [6, 6.07) is 40.3. The average molecular weight is 601 g/mol. The fourth-order valence-electron chi connectivity index (χ4n) is 6.26. The summed E-state index contributed by atoms with van der Waals surface area (Å²) >= 11 is -0.439. The fraction of sp³-hybridized carbons (Fsp3) is 0.0571. The summed E-state index contributed by atoms with van der Waals surface area (Å²) in [6.07, 6.45) is 2.25. The van der Waals surface area contributed by atoms with Crippen LogP contribution in [0.4, 0.5) is 0 Å². The number of para-hydroxylation sites is 2. The Balaban J connectivity index is 1.45. The van der Waals surface area contributed by atoms with Crippen molar-refractivity contribution < 1.29 is 4.57 Å². The van der Waals surface area contributed by atoms with Crippen molar-refractivity contribution in [2.45, 2.75) is 6.92 Å². The number of nitrogens with zero attached hydrogens (tertiary/aromatic N) is 2. The van der Waals surface area contributed by atoms with Crippen LogP contribution in [0.5, 0.6) is 0 Å². The van der Waals surface area contributed by atoms with Crippen molar-refractivity contribution in [3.05, 3.63) is 121 Å².